The molecule has 0 amide bonds. The molecule has 5 unspecified atom stereocenters. The third-order valence-corrected chi connectivity index (χ3v) is 4.61. The van der Waals surface area contributed by atoms with E-state index in [1.165, 1.54) is 38.5 Å². The van der Waals surface area contributed by atoms with Crippen LogP contribution in [0.5, 0.6) is 0 Å². The van der Waals surface area contributed by atoms with Crippen LogP contribution >= 0.6 is 11.6 Å². The second-order valence-corrected chi connectivity index (χ2v) is 6.14. The fourth-order valence-corrected chi connectivity index (χ4v) is 3.43. The standard InChI is InChI=1S/C13H23ClO/c1-9-3-6-13(14)11(7-9)8-12-5-4-10(2)15-12/h9-13H,3-8H2,1-2H3. The van der Waals surface area contributed by atoms with E-state index in [1.807, 2.05) is 0 Å². The predicted molar refractivity (Wildman–Crippen MR) is 64.3 cm³/mol. The van der Waals surface area contributed by atoms with Gasteiger partial charge < -0.3 is 4.74 Å². The van der Waals surface area contributed by atoms with Crippen molar-refractivity contribution in [3.8, 4) is 0 Å². The van der Waals surface area contributed by atoms with E-state index in [0.717, 1.165) is 5.92 Å². The van der Waals surface area contributed by atoms with E-state index in [0.29, 0.717) is 23.5 Å². The average molecular weight is 231 g/mol. The number of halogens is 1. The van der Waals surface area contributed by atoms with Gasteiger partial charge in [0.25, 0.3) is 0 Å². The first kappa shape index (κ1) is 11.7. The van der Waals surface area contributed by atoms with Crippen LogP contribution in [0.25, 0.3) is 0 Å². The van der Waals surface area contributed by atoms with Crippen LogP contribution in [0.3, 0.4) is 0 Å². The Morgan fingerprint density at radius 3 is 2.60 bits per heavy atom. The zero-order chi connectivity index (χ0) is 10.8. The highest BCUT2D eigenvalue weighted by atomic mass is 35.5. The van der Waals surface area contributed by atoms with Crippen LogP contribution < -0.4 is 0 Å². The highest BCUT2D eigenvalue weighted by molar-refractivity contribution is 6.20. The summed E-state index contributed by atoms with van der Waals surface area (Å²) in [4.78, 5) is 0. The van der Waals surface area contributed by atoms with Crippen LogP contribution in [0.2, 0.25) is 0 Å². The van der Waals surface area contributed by atoms with Gasteiger partial charge in [0, 0.05) is 5.38 Å². The van der Waals surface area contributed by atoms with Crippen molar-refractivity contribution < 1.29 is 4.74 Å². The van der Waals surface area contributed by atoms with Crippen LogP contribution in [0.1, 0.15) is 52.4 Å². The second-order valence-electron chi connectivity index (χ2n) is 5.58. The molecule has 0 bridgehead atoms. The Morgan fingerprint density at radius 2 is 1.93 bits per heavy atom. The van der Waals surface area contributed by atoms with Crippen molar-refractivity contribution in [2.45, 2.75) is 70.0 Å². The summed E-state index contributed by atoms with van der Waals surface area (Å²) in [6, 6.07) is 0. The van der Waals surface area contributed by atoms with E-state index in [2.05, 4.69) is 13.8 Å². The second kappa shape index (κ2) is 5.05. The van der Waals surface area contributed by atoms with Crippen molar-refractivity contribution in [2.75, 3.05) is 0 Å². The summed E-state index contributed by atoms with van der Waals surface area (Å²) < 4.78 is 5.89. The molecule has 0 aromatic heterocycles. The Labute approximate surface area is 98.5 Å². The Balaban J connectivity index is 1.82. The van der Waals surface area contributed by atoms with Crippen molar-refractivity contribution in [3.05, 3.63) is 0 Å². The van der Waals surface area contributed by atoms with Gasteiger partial charge in [-0.15, -0.1) is 11.6 Å². The molecule has 2 heteroatoms. The zero-order valence-electron chi connectivity index (χ0n) is 9.92. The monoisotopic (exact) mass is 230 g/mol. The molecular formula is C13H23ClO. The quantitative estimate of drug-likeness (QED) is 0.652. The molecule has 15 heavy (non-hydrogen) atoms. The molecule has 1 aliphatic carbocycles. The summed E-state index contributed by atoms with van der Waals surface area (Å²) in [5.74, 6) is 1.56. The molecule has 1 nitrogen and oxygen atoms in total. The van der Waals surface area contributed by atoms with Gasteiger partial charge in [0.2, 0.25) is 0 Å². The Hall–Kier alpha value is 0.250. The minimum atomic E-state index is 0.403. The molecule has 2 aliphatic rings. The number of ether oxygens (including phenoxy) is 1. The van der Waals surface area contributed by atoms with Gasteiger partial charge in [0.05, 0.1) is 12.2 Å². The van der Waals surface area contributed by atoms with E-state index < -0.39 is 0 Å². The van der Waals surface area contributed by atoms with Crippen LogP contribution in [-0.2, 0) is 4.74 Å². The maximum atomic E-state index is 6.41. The Bertz CT molecular complexity index is 207. The Kier molecular flexibility index (Phi) is 3.95. The molecule has 1 saturated heterocycles. The fourth-order valence-electron chi connectivity index (χ4n) is 3.10. The molecule has 0 aromatic carbocycles. The van der Waals surface area contributed by atoms with Crippen LogP contribution in [0, 0.1) is 11.8 Å². The topological polar surface area (TPSA) is 9.23 Å². The van der Waals surface area contributed by atoms with Crippen molar-refractivity contribution >= 4 is 11.6 Å². The summed E-state index contributed by atoms with van der Waals surface area (Å²) in [7, 11) is 0. The first-order chi connectivity index (χ1) is 7.15. The van der Waals surface area contributed by atoms with Gasteiger partial charge in [-0.05, 0) is 57.3 Å². The summed E-state index contributed by atoms with van der Waals surface area (Å²) in [5, 5.41) is 0.403. The minimum absolute atomic E-state index is 0.403. The van der Waals surface area contributed by atoms with Gasteiger partial charge in [0.15, 0.2) is 0 Å². The molecule has 5 atom stereocenters. The SMILES string of the molecule is CC1CCC(Cl)C(CC2CCC(C)O2)C1. The maximum Gasteiger partial charge on any atom is 0.0582 e. The average Bonchev–Trinajstić information content (AvgIpc) is 2.58. The smallest absolute Gasteiger partial charge is 0.0582 e. The first-order valence-corrected chi connectivity index (χ1v) is 6.88. The molecule has 1 aliphatic heterocycles. The van der Waals surface area contributed by atoms with Gasteiger partial charge in [-0.2, -0.15) is 0 Å². The third-order valence-electron chi connectivity index (χ3n) is 4.04. The van der Waals surface area contributed by atoms with Gasteiger partial charge in [-0.1, -0.05) is 6.92 Å². The molecule has 1 heterocycles. The lowest BCUT2D eigenvalue weighted by Gasteiger charge is -2.32. The third kappa shape index (κ3) is 3.10. The number of alkyl halides is 1. The van der Waals surface area contributed by atoms with Gasteiger partial charge in [0.1, 0.15) is 0 Å². The van der Waals surface area contributed by atoms with Gasteiger partial charge in [-0.25, -0.2) is 0 Å². The van der Waals surface area contributed by atoms with Gasteiger partial charge >= 0.3 is 0 Å². The number of rotatable bonds is 2. The lowest BCUT2D eigenvalue weighted by atomic mass is 9.79. The highest BCUT2D eigenvalue weighted by Crippen LogP contribution is 2.37. The van der Waals surface area contributed by atoms with Crippen molar-refractivity contribution in [3.63, 3.8) is 0 Å². The Morgan fingerprint density at radius 1 is 1.13 bits per heavy atom. The van der Waals surface area contributed by atoms with Crippen LogP contribution in [-0.4, -0.2) is 17.6 Å². The summed E-state index contributed by atoms with van der Waals surface area (Å²) >= 11 is 6.41. The summed E-state index contributed by atoms with van der Waals surface area (Å²) in [6.07, 6.45) is 8.48. The summed E-state index contributed by atoms with van der Waals surface area (Å²) in [6.45, 7) is 4.54. The molecule has 0 N–H and O–H groups in total. The van der Waals surface area contributed by atoms with Crippen LogP contribution in [0.4, 0.5) is 0 Å². The summed E-state index contributed by atoms with van der Waals surface area (Å²) in [5.41, 5.74) is 0. The highest BCUT2D eigenvalue weighted by Gasteiger charge is 2.31. The van der Waals surface area contributed by atoms with E-state index in [-0.39, 0.29) is 0 Å². The van der Waals surface area contributed by atoms with E-state index in [9.17, 15) is 0 Å². The predicted octanol–water partition coefficient (Wildman–Crippen LogP) is 3.99. The van der Waals surface area contributed by atoms with E-state index in [4.69, 9.17) is 16.3 Å². The molecular weight excluding hydrogens is 208 g/mol. The van der Waals surface area contributed by atoms with E-state index >= 15 is 0 Å². The molecule has 0 aromatic rings. The molecule has 2 fully saturated rings. The molecule has 88 valence electrons. The van der Waals surface area contributed by atoms with Crippen molar-refractivity contribution in [1.82, 2.24) is 0 Å². The van der Waals surface area contributed by atoms with Crippen molar-refractivity contribution in [2.24, 2.45) is 11.8 Å². The normalized spacial score (nSPS) is 47.0. The molecule has 2 rings (SSSR count). The first-order valence-electron chi connectivity index (χ1n) is 6.44. The molecule has 0 spiro atoms. The minimum Gasteiger partial charge on any atom is -0.375 e. The number of hydrogen-bond acceptors (Lipinski definition) is 1. The zero-order valence-corrected chi connectivity index (χ0v) is 10.7. The van der Waals surface area contributed by atoms with E-state index in [1.54, 1.807) is 0 Å². The van der Waals surface area contributed by atoms with Gasteiger partial charge in [-0.3, -0.25) is 0 Å². The molecule has 0 radical (unpaired) electrons. The number of hydrogen-bond donors (Lipinski definition) is 0. The fraction of sp³-hybridized carbons (Fsp3) is 1.00. The van der Waals surface area contributed by atoms with Crippen LogP contribution in [0.15, 0.2) is 0 Å². The molecule has 1 saturated carbocycles. The maximum absolute atomic E-state index is 6.41. The lowest BCUT2D eigenvalue weighted by Crippen LogP contribution is -2.28. The lowest BCUT2D eigenvalue weighted by molar-refractivity contribution is 0.0352. The van der Waals surface area contributed by atoms with Crippen molar-refractivity contribution in [1.29, 1.82) is 0 Å². The largest absolute Gasteiger partial charge is 0.375 e.